The van der Waals surface area contributed by atoms with Crippen molar-refractivity contribution in [2.75, 3.05) is 24.7 Å². The van der Waals surface area contributed by atoms with E-state index in [1.54, 1.807) is 24.4 Å². The van der Waals surface area contributed by atoms with E-state index in [0.717, 1.165) is 11.4 Å². The lowest BCUT2D eigenvalue weighted by atomic mass is 10.1. The highest BCUT2D eigenvalue weighted by molar-refractivity contribution is 8.00. The molecule has 1 aliphatic heterocycles. The molecule has 1 aliphatic rings. The van der Waals surface area contributed by atoms with Crippen molar-refractivity contribution < 1.29 is 14.0 Å². The van der Waals surface area contributed by atoms with Crippen molar-refractivity contribution in [1.29, 1.82) is 0 Å². The molecule has 0 unspecified atom stereocenters. The molecule has 1 saturated heterocycles. The van der Waals surface area contributed by atoms with E-state index < -0.39 is 11.3 Å². The predicted molar refractivity (Wildman–Crippen MR) is 109 cm³/mol. The number of hydrogen-bond donors (Lipinski definition) is 2. The van der Waals surface area contributed by atoms with E-state index in [9.17, 15) is 14.0 Å². The third kappa shape index (κ3) is 5.01. The maximum atomic E-state index is 13.8. The largest absolute Gasteiger partial charge is 0.363 e. The molecule has 1 aromatic heterocycles. The Morgan fingerprint density at radius 3 is 2.75 bits per heavy atom. The van der Waals surface area contributed by atoms with Gasteiger partial charge in [-0.05, 0) is 29.7 Å². The number of nitrogens with zero attached hydrogens (tertiary/aromatic N) is 2. The van der Waals surface area contributed by atoms with E-state index in [0.29, 0.717) is 24.3 Å². The van der Waals surface area contributed by atoms with Crippen LogP contribution in [0.15, 0.2) is 42.6 Å². The number of pyridine rings is 1. The zero-order valence-electron chi connectivity index (χ0n) is 15.8. The van der Waals surface area contributed by atoms with Crippen molar-refractivity contribution in [3.63, 3.8) is 0 Å². The minimum absolute atomic E-state index is 0.234. The lowest BCUT2D eigenvalue weighted by Gasteiger charge is -2.28. The van der Waals surface area contributed by atoms with Gasteiger partial charge >= 0.3 is 0 Å². The number of aromatic nitrogens is 1. The lowest BCUT2D eigenvalue weighted by molar-refractivity contribution is -0.128. The molecule has 0 aliphatic carbocycles. The summed E-state index contributed by atoms with van der Waals surface area (Å²) in [5, 5.41) is 5.18. The monoisotopic (exact) mass is 402 g/mol. The Bertz CT molecular complexity index is 844. The minimum atomic E-state index is -0.594. The molecule has 0 radical (unpaired) electrons. The van der Waals surface area contributed by atoms with Crippen molar-refractivity contribution in [2.24, 2.45) is 0 Å². The number of halogens is 1. The molecule has 0 bridgehead atoms. The maximum Gasteiger partial charge on any atom is 0.243 e. The Labute approximate surface area is 167 Å². The van der Waals surface area contributed by atoms with Crippen molar-refractivity contribution in [2.45, 2.75) is 24.3 Å². The molecule has 1 aromatic carbocycles. The molecular formula is C20H23FN4O2S. The molecule has 0 spiro atoms. The summed E-state index contributed by atoms with van der Waals surface area (Å²) in [6.45, 7) is 0.342. The smallest absolute Gasteiger partial charge is 0.243 e. The van der Waals surface area contributed by atoms with Crippen LogP contribution in [-0.4, -0.2) is 47.9 Å². The van der Waals surface area contributed by atoms with Gasteiger partial charge in [-0.2, -0.15) is 0 Å². The third-order valence-electron chi connectivity index (χ3n) is 4.49. The zero-order valence-corrected chi connectivity index (χ0v) is 16.6. The van der Waals surface area contributed by atoms with E-state index in [4.69, 9.17) is 0 Å². The first-order valence-electron chi connectivity index (χ1n) is 8.99. The van der Waals surface area contributed by atoms with Crippen molar-refractivity contribution in [1.82, 2.24) is 15.6 Å². The summed E-state index contributed by atoms with van der Waals surface area (Å²) in [5.41, 5.74) is 1.39. The number of hydrogen-bond acceptors (Lipinski definition) is 5. The lowest BCUT2D eigenvalue weighted by Crippen LogP contribution is -2.54. The minimum Gasteiger partial charge on any atom is -0.363 e. The predicted octanol–water partition coefficient (Wildman–Crippen LogP) is 1.75. The van der Waals surface area contributed by atoms with Gasteiger partial charge < -0.3 is 15.5 Å². The van der Waals surface area contributed by atoms with Crippen LogP contribution in [0, 0.1) is 5.82 Å². The van der Waals surface area contributed by atoms with Crippen LogP contribution in [0.5, 0.6) is 0 Å². The highest BCUT2D eigenvalue weighted by Crippen LogP contribution is 2.23. The number of amides is 2. The van der Waals surface area contributed by atoms with Crippen LogP contribution in [0.1, 0.15) is 11.1 Å². The maximum absolute atomic E-state index is 13.8. The molecule has 6 nitrogen and oxygen atoms in total. The van der Waals surface area contributed by atoms with Gasteiger partial charge in [0.2, 0.25) is 11.8 Å². The van der Waals surface area contributed by atoms with Crippen LogP contribution in [0.4, 0.5) is 10.2 Å². The van der Waals surface area contributed by atoms with Gasteiger partial charge in [-0.3, -0.25) is 9.59 Å². The van der Waals surface area contributed by atoms with E-state index in [2.05, 4.69) is 15.6 Å². The second-order valence-corrected chi connectivity index (χ2v) is 8.05. The van der Waals surface area contributed by atoms with Gasteiger partial charge in [0, 0.05) is 32.6 Å². The summed E-state index contributed by atoms with van der Waals surface area (Å²) in [6.07, 6.45) is 2.02. The van der Waals surface area contributed by atoms with Crippen LogP contribution in [-0.2, 0) is 22.6 Å². The summed E-state index contributed by atoms with van der Waals surface area (Å²) in [4.78, 5) is 30.9. The molecule has 2 atom stereocenters. The Balaban J connectivity index is 1.50. The topological polar surface area (TPSA) is 74.3 Å². The van der Waals surface area contributed by atoms with Crippen molar-refractivity contribution >= 4 is 29.4 Å². The van der Waals surface area contributed by atoms with Crippen LogP contribution in [0.3, 0.4) is 0 Å². The van der Waals surface area contributed by atoms with E-state index in [-0.39, 0.29) is 17.6 Å². The molecule has 0 saturated carbocycles. The first kappa shape index (κ1) is 20.1. The fourth-order valence-electron chi connectivity index (χ4n) is 2.85. The normalized spacial score (nSPS) is 19.0. The average molecular weight is 402 g/mol. The zero-order chi connectivity index (χ0) is 20.1. The van der Waals surface area contributed by atoms with Gasteiger partial charge in [-0.1, -0.05) is 24.3 Å². The molecule has 2 N–H and O–H groups in total. The van der Waals surface area contributed by atoms with Crippen molar-refractivity contribution in [3.8, 4) is 0 Å². The first-order valence-corrected chi connectivity index (χ1v) is 10.0. The summed E-state index contributed by atoms with van der Waals surface area (Å²) >= 11 is 1.38. The average Bonchev–Trinajstić information content (AvgIpc) is 2.69. The van der Waals surface area contributed by atoms with Gasteiger partial charge in [-0.25, -0.2) is 9.37 Å². The van der Waals surface area contributed by atoms with Gasteiger partial charge in [-0.15, -0.1) is 11.8 Å². The summed E-state index contributed by atoms with van der Waals surface area (Å²) < 4.78 is 13.8. The first-order chi connectivity index (χ1) is 13.4. The Morgan fingerprint density at radius 1 is 1.32 bits per heavy atom. The summed E-state index contributed by atoms with van der Waals surface area (Å²) in [6, 6.07) is 9.63. The highest BCUT2D eigenvalue weighted by Gasteiger charge is 2.32. The second-order valence-electron chi connectivity index (χ2n) is 6.82. The van der Waals surface area contributed by atoms with Crippen LogP contribution >= 0.6 is 11.8 Å². The third-order valence-corrected chi connectivity index (χ3v) is 5.80. The number of nitrogens with one attached hydrogen (secondary N) is 2. The standard InChI is InChI=1S/C20H23FN4O2S/c1-25(2)18-8-7-13(10-22-18)11-23-19(26)16-12-28-17(20(27)24-16)9-14-5-3-4-6-15(14)21/h3-8,10,16-17H,9,11-12H2,1-2H3,(H,23,26)(H,24,27)/t16-,17-/m1/s1. The molecule has 2 amide bonds. The van der Waals surface area contributed by atoms with Crippen LogP contribution in [0.25, 0.3) is 0 Å². The van der Waals surface area contributed by atoms with Crippen LogP contribution < -0.4 is 15.5 Å². The van der Waals surface area contributed by atoms with Crippen molar-refractivity contribution in [3.05, 3.63) is 59.5 Å². The molecule has 2 aromatic rings. The Kier molecular flexibility index (Phi) is 6.51. The Morgan fingerprint density at radius 2 is 2.11 bits per heavy atom. The van der Waals surface area contributed by atoms with Gasteiger partial charge in [0.15, 0.2) is 0 Å². The Hall–Kier alpha value is -2.61. The quantitative estimate of drug-likeness (QED) is 0.770. The number of thioether (sulfide) groups is 1. The second kappa shape index (κ2) is 9.05. The molecule has 8 heteroatoms. The number of carbonyl (C=O) groups is 2. The summed E-state index contributed by atoms with van der Waals surface area (Å²) in [5.74, 6) is 0.504. The molecule has 28 heavy (non-hydrogen) atoms. The number of carbonyl (C=O) groups excluding carboxylic acids is 2. The molecule has 2 heterocycles. The molecule has 148 valence electrons. The highest BCUT2D eigenvalue weighted by atomic mass is 32.2. The van der Waals surface area contributed by atoms with Gasteiger partial charge in [0.25, 0.3) is 0 Å². The van der Waals surface area contributed by atoms with Gasteiger partial charge in [0.05, 0.1) is 5.25 Å². The molecule has 1 fully saturated rings. The number of benzene rings is 1. The summed E-state index contributed by atoms with van der Waals surface area (Å²) in [7, 11) is 3.82. The van der Waals surface area contributed by atoms with E-state index >= 15 is 0 Å². The van der Waals surface area contributed by atoms with Crippen LogP contribution in [0.2, 0.25) is 0 Å². The van der Waals surface area contributed by atoms with E-state index in [1.165, 1.54) is 17.8 Å². The fourth-order valence-corrected chi connectivity index (χ4v) is 4.03. The van der Waals surface area contributed by atoms with Gasteiger partial charge in [0.1, 0.15) is 17.7 Å². The SMILES string of the molecule is CN(C)c1ccc(CNC(=O)[C@H]2CS[C@H](Cc3ccccc3F)C(=O)N2)cn1. The number of anilines is 1. The number of rotatable bonds is 6. The van der Waals surface area contributed by atoms with E-state index in [1.807, 2.05) is 31.1 Å². The molecular weight excluding hydrogens is 379 g/mol. The molecule has 3 rings (SSSR count). The fraction of sp³-hybridized carbons (Fsp3) is 0.350.